The highest BCUT2D eigenvalue weighted by molar-refractivity contribution is 14.1. The van der Waals surface area contributed by atoms with E-state index in [0.717, 1.165) is 0 Å². The minimum atomic E-state index is -2.87. The number of hydrogen-bond donors (Lipinski definition) is 0. The standard InChI is InChI=1S/C8H5ClF2INO2/c1-15-4-2-3(12)5(7(9)14)6(13-4)8(10)11/h2,8H,1H3. The maximum absolute atomic E-state index is 12.6. The van der Waals surface area contributed by atoms with E-state index in [1.54, 1.807) is 22.6 Å². The molecule has 1 rings (SSSR count). The number of ether oxygens (including phenoxy) is 1. The lowest BCUT2D eigenvalue weighted by Gasteiger charge is -2.08. The Morgan fingerprint density at radius 3 is 2.67 bits per heavy atom. The highest BCUT2D eigenvalue weighted by Crippen LogP contribution is 2.28. The Bertz CT molecular complexity index is 400. The lowest BCUT2D eigenvalue weighted by molar-refractivity contribution is 0.106. The van der Waals surface area contributed by atoms with Crippen molar-refractivity contribution in [2.75, 3.05) is 7.11 Å². The first kappa shape index (κ1) is 12.6. The van der Waals surface area contributed by atoms with Gasteiger partial charge in [0.05, 0.1) is 12.7 Å². The summed E-state index contributed by atoms with van der Waals surface area (Å²) in [6.45, 7) is 0. The minimum absolute atomic E-state index is 0.0244. The summed E-state index contributed by atoms with van der Waals surface area (Å²) in [6, 6.07) is 1.36. The summed E-state index contributed by atoms with van der Waals surface area (Å²) in [5.74, 6) is 0.0244. The molecule has 1 aromatic rings. The average molecular weight is 347 g/mol. The second-order valence-electron chi connectivity index (χ2n) is 2.48. The van der Waals surface area contributed by atoms with E-state index < -0.39 is 17.4 Å². The molecule has 0 aromatic carbocycles. The van der Waals surface area contributed by atoms with E-state index in [-0.39, 0.29) is 15.0 Å². The van der Waals surface area contributed by atoms with Crippen molar-refractivity contribution in [1.82, 2.24) is 4.98 Å². The highest BCUT2D eigenvalue weighted by Gasteiger charge is 2.23. The molecule has 0 saturated heterocycles. The van der Waals surface area contributed by atoms with Crippen molar-refractivity contribution in [1.29, 1.82) is 0 Å². The molecule has 0 spiro atoms. The molecule has 1 aromatic heterocycles. The predicted molar refractivity (Wildman–Crippen MR) is 58.6 cm³/mol. The molecule has 0 amide bonds. The number of methoxy groups -OCH3 is 1. The predicted octanol–water partition coefficient (Wildman–Crippen LogP) is 3.01. The van der Waals surface area contributed by atoms with Gasteiger partial charge in [-0.05, 0) is 34.2 Å². The molecular weight excluding hydrogens is 342 g/mol. The van der Waals surface area contributed by atoms with Crippen molar-refractivity contribution in [3.63, 3.8) is 0 Å². The van der Waals surface area contributed by atoms with Gasteiger partial charge in [-0.1, -0.05) is 0 Å². The van der Waals surface area contributed by atoms with E-state index in [4.69, 9.17) is 16.3 Å². The van der Waals surface area contributed by atoms with Gasteiger partial charge in [0.1, 0.15) is 5.69 Å². The zero-order chi connectivity index (χ0) is 11.6. The molecule has 3 nitrogen and oxygen atoms in total. The highest BCUT2D eigenvalue weighted by atomic mass is 127. The van der Waals surface area contributed by atoms with Gasteiger partial charge in [-0.25, -0.2) is 13.8 Å². The molecule has 0 saturated carbocycles. The van der Waals surface area contributed by atoms with Crippen LogP contribution in [0.3, 0.4) is 0 Å². The summed E-state index contributed by atoms with van der Waals surface area (Å²) in [5.41, 5.74) is -0.924. The van der Waals surface area contributed by atoms with E-state index in [2.05, 4.69) is 4.98 Å². The van der Waals surface area contributed by atoms with Crippen LogP contribution >= 0.6 is 34.2 Å². The number of hydrogen-bond acceptors (Lipinski definition) is 3. The minimum Gasteiger partial charge on any atom is -0.481 e. The number of carbonyl (C=O) groups excluding carboxylic acids is 1. The molecule has 0 aliphatic rings. The van der Waals surface area contributed by atoms with Crippen LogP contribution in [0.4, 0.5) is 8.78 Å². The van der Waals surface area contributed by atoms with E-state index in [0.29, 0.717) is 0 Å². The fourth-order valence-electron chi connectivity index (χ4n) is 0.967. The lowest BCUT2D eigenvalue weighted by Crippen LogP contribution is -2.06. The van der Waals surface area contributed by atoms with E-state index in [1.807, 2.05) is 0 Å². The zero-order valence-electron chi connectivity index (χ0n) is 7.43. The summed E-state index contributed by atoms with van der Waals surface area (Å²) >= 11 is 6.92. The van der Waals surface area contributed by atoms with Gasteiger partial charge >= 0.3 is 0 Å². The number of rotatable bonds is 3. The molecular formula is C8H5ClF2INO2. The number of pyridine rings is 1. The van der Waals surface area contributed by atoms with E-state index >= 15 is 0 Å². The maximum atomic E-state index is 12.6. The Labute approximate surface area is 103 Å². The summed E-state index contributed by atoms with van der Waals surface area (Å²) in [6.07, 6.45) is -2.87. The third-order valence-corrected chi connectivity index (χ3v) is 2.63. The second-order valence-corrected chi connectivity index (χ2v) is 3.99. The maximum Gasteiger partial charge on any atom is 0.281 e. The Kier molecular flexibility index (Phi) is 4.21. The first-order chi connectivity index (χ1) is 6.97. The van der Waals surface area contributed by atoms with Crippen LogP contribution in [0.15, 0.2) is 6.07 Å². The Balaban J connectivity index is 3.42. The van der Waals surface area contributed by atoms with Gasteiger partial charge in [-0.2, -0.15) is 0 Å². The molecule has 0 fully saturated rings. The molecule has 0 unspecified atom stereocenters. The molecule has 82 valence electrons. The van der Waals surface area contributed by atoms with Gasteiger partial charge in [-0.15, -0.1) is 0 Å². The molecule has 0 aliphatic heterocycles. The van der Waals surface area contributed by atoms with Crippen LogP contribution in [0.1, 0.15) is 22.5 Å². The summed E-state index contributed by atoms with van der Waals surface area (Å²) < 4.78 is 30.1. The van der Waals surface area contributed by atoms with Crippen LogP contribution in [-0.2, 0) is 0 Å². The van der Waals surface area contributed by atoms with Gasteiger partial charge in [-0.3, -0.25) is 4.79 Å². The monoisotopic (exact) mass is 347 g/mol. The molecule has 1 heterocycles. The van der Waals surface area contributed by atoms with Gasteiger partial charge in [0.25, 0.3) is 11.7 Å². The number of carbonyl (C=O) groups is 1. The fourth-order valence-corrected chi connectivity index (χ4v) is 2.11. The first-order valence-corrected chi connectivity index (χ1v) is 5.15. The van der Waals surface area contributed by atoms with Gasteiger partial charge in [0, 0.05) is 9.64 Å². The fraction of sp³-hybridized carbons (Fsp3) is 0.250. The molecule has 15 heavy (non-hydrogen) atoms. The van der Waals surface area contributed by atoms with Crippen LogP contribution in [0.2, 0.25) is 0 Å². The summed E-state index contributed by atoms with van der Waals surface area (Å²) in [4.78, 5) is 14.4. The van der Waals surface area contributed by atoms with Gasteiger partial charge in [0.15, 0.2) is 0 Å². The SMILES string of the molecule is COc1cc(I)c(C(=O)Cl)c(C(F)F)n1. The lowest BCUT2D eigenvalue weighted by atomic mass is 10.2. The van der Waals surface area contributed by atoms with Crippen molar-refractivity contribution >= 4 is 39.4 Å². The topological polar surface area (TPSA) is 39.2 Å². The van der Waals surface area contributed by atoms with Crippen molar-refractivity contribution < 1.29 is 18.3 Å². The molecule has 0 atom stereocenters. The third-order valence-electron chi connectivity index (χ3n) is 1.59. The molecule has 0 bridgehead atoms. The largest absolute Gasteiger partial charge is 0.481 e. The van der Waals surface area contributed by atoms with Crippen LogP contribution in [-0.4, -0.2) is 17.3 Å². The number of alkyl halides is 2. The zero-order valence-corrected chi connectivity index (χ0v) is 10.3. The van der Waals surface area contributed by atoms with Gasteiger partial charge < -0.3 is 4.74 Å². The van der Waals surface area contributed by atoms with Crippen molar-refractivity contribution in [3.8, 4) is 5.88 Å². The van der Waals surface area contributed by atoms with Crippen LogP contribution in [0, 0.1) is 3.57 Å². The van der Waals surface area contributed by atoms with Crippen LogP contribution < -0.4 is 4.74 Å². The van der Waals surface area contributed by atoms with Crippen molar-refractivity contribution in [2.24, 2.45) is 0 Å². The van der Waals surface area contributed by atoms with Gasteiger partial charge in [0.2, 0.25) is 5.88 Å². The molecule has 0 radical (unpaired) electrons. The van der Waals surface area contributed by atoms with Crippen LogP contribution in [0.25, 0.3) is 0 Å². The number of nitrogens with zero attached hydrogens (tertiary/aromatic N) is 1. The average Bonchev–Trinajstić information content (AvgIpc) is 2.15. The number of aromatic nitrogens is 1. The second kappa shape index (κ2) is 5.02. The Hall–Kier alpha value is -0.500. The normalized spacial score (nSPS) is 10.5. The van der Waals surface area contributed by atoms with Crippen molar-refractivity contribution in [3.05, 3.63) is 20.9 Å². The smallest absolute Gasteiger partial charge is 0.281 e. The van der Waals surface area contributed by atoms with E-state index in [9.17, 15) is 13.6 Å². The first-order valence-electron chi connectivity index (χ1n) is 3.69. The number of halogens is 4. The summed E-state index contributed by atoms with van der Waals surface area (Å²) in [5, 5.41) is -0.954. The third kappa shape index (κ3) is 2.75. The molecule has 0 aliphatic carbocycles. The quantitative estimate of drug-likeness (QED) is 0.623. The van der Waals surface area contributed by atoms with Crippen LogP contribution in [0.5, 0.6) is 5.88 Å². The van der Waals surface area contributed by atoms with E-state index in [1.165, 1.54) is 13.2 Å². The molecule has 0 N–H and O–H groups in total. The summed E-state index contributed by atoms with van der Waals surface area (Å²) in [7, 11) is 1.30. The van der Waals surface area contributed by atoms with Crippen molar-refractivity contribution in [2.45, 2.75) is 6.43 Å². The Morgan fingerprint density at radius 1 is 1.67 bits per heavy atom. The Morgan fingerprint density at radius 2 is 2.27 bits per heavy atom. The molecule has 7 heteroatoms.